The molecule has 3 heterocycles. The Bertz CT molecular complexity index is 1080. The van der Waals surface area contributed by atoms with Gasteiger partial charge in [0.25, 0.3) is 0 Å². The molecule has 0 aliphatic heterocycles. The fraction of sp³-hybridized carbons (Fsp3) is 0.111. The van der Waals surface area contributed by atoms with Crippen LogP contribution in [0.3, 0.4) is 0 Å². The number of aromatic nitrogens is 3. The molecule has 0 saturated carbocycles. The van der Waals surface area contributed by atoms with Crippen LogP contribution in [0.15, 0.2) is 30.5 Å². The maximum atomic E-state index is 8.67. The Balaban J connectivity index is 0.000000146. The summed E-state index contributed by atoms with van der Waals surface area (Å²) in [5.41, 5.74) is 3.33. The lowest BCUT2D eigenvalue weighted by molar-refractivity contribution is 0.946. The molecule has 1 aliphatic carbocycles. The number of rotatable bonds is 0. The highest BCUT2D eigenvalue weighted by Gasteiger charge is 2.11. The van der Waals surface area contributed by atoms with Gasteiger partial charge in [-0.3, -0.25) is 0 Å². The highest BCUT2D eigenvalue weighted by atomic mass is 35.5. The minimum absolute atomic E-state index is 0.347. The third kappa shape index (κ3) is 3.34. The van der Waals surface area contributed by atoms with Crippen LogP contribution in [0.25, 0.3) is 17.1 Å². The van der Waals surface area contributed by atoms with Crippen molar-refractivity contribution in [2.45, 2.75) is 6.42 Å². The van der Waals surface area contributed by atoms with Gasteiger partial charge in [0, 0.05) is 30.6 Å². The van der Waals surface area contributed by atoms with Gasteiger partial charge in [0.1, 0.15) is 29.2 Å². The lowest BCUT2D eigenvalue weighted by Gasteiger charge is -1.99. The van der Waals surface area contributed by atoms with Gasteiger partial charge >= 0.3 is 0 Å². The van der Waals surface area contributed by atoms with Crippen molar-refractivity contribution in [1.29, 1.82) is 10.5 Å². The molecule has 0 unspecified atom stereocenters. The zero-order valence-corrected chi connectivity index (χ0v) is 14.7. The molecule has 0 spiro atoms. The maximum Gasteiger partial charge on any atom is 0.144 e. The van der Waals surface area contributed by atoms with Gasteiger partial charge in [-0.2, -0.15) is 10.5 Å². The van der Waals surface area contributed by atoms with Crippen LogP contribution in [0.5, 0.6) is 0 Å². The molecule has 122 valence electrons. The van der Waals surface area contributed by atoms with Gasteiger partial charge < -0.3 is 4.57 Å². The first-order valence-corrected chi connectivity index (χ1v) is 8.07. The second kappa shape index (κ2) is 6.94. The number of allylic oxidation sites excluding steroid dienone is 1. The Morgan fingerprint density at radius 2 is 1.76 bits per heavy atom. The topological polar surface area (TPSA) is 78.3 Å². The van der Waals surface area contributed by atoms with E-state index in [9.17, 15) is 0 Å². The van der Waals surface area contributed by atoms with Crippen molar-refractivity contribution in [1.82, 2.24) is 14.5 Å². The number of halogens is 2. The van der Waals surface area contributed by atoms with Gasteiger partial charge in [0.05, 0.1) is 15.7 Å². The second-order valence-electron chi connectivity index (χ2n) is 5.33. The first kappa shape index (κ1) is 17.0. The van der Waals surface area contributed by atoms with Crippen LogP contribution in [-0.2, 0) is 13.5 Å². The molecule has 0 saturated heterocycles. The van der Waals surface area contributed by atoms with Crippen molar-refractivity contribution < 1.29 is 0 Å². The Hall–Kier alpha value is -2.86. The predicted octanol–water partition coefficient (Wildman–Crippen LogP) is 4.27. The van der Waals surface area contributed by atoms with Gasteiger partial charge in [-0.25, -0.2) is 9.97 Å². The molecular formula is C18H11Cl2N5. The molecule has 0 amide bonds. The summed E-state index contributed by atoms with van der Waals surface area (Å²) < 4.78 is 1.84. The van der Waals surface area contributed by atoms with Crippen LogP contribution < -0.4 is 0 Å². The van der Waals surface area contributed by atoms with Gasteiger partial charge in [0.2, 0.25) is 0 Å². The summed E-state index contributed by atoms with van der Waals surface area (Å²) in [7, 11) is 1.87. The summed E-state index contributed by atoms with van der Waals surface area (Å²) in [4.78, 5) is 8.26. The Kier molecular flexibility index (Phi) is 4.72. The Morgan fingerprint density at radius 1 is 1.08 bits per heavy atom. The first-order chi connectivity index (χ1) is 12.0. The van der Waals surface area contributed by atoms with Crippen molar-refractivity contribution >= 4 is 40.3 Å². The van der Waals surface area contributed by atoms with Crippen molar-refractivity contribution in [3.63, 3.8) is 0 Å². The summed E-state index contributed by atoms with van der Waals surface area (Å²) in [5.74, 6) is 0. The maximum absolute atomic E-state index is 8.67. The molecule has 0 atom stereocenters. The van der Waals surface area contributed by atoms with E-state index in [1.54, 1.807) is 12.1 Å². The highest BCUT2D eigenvalue weighted by Crippen LogP contribution is 2.26. The summed E-state index contributed by atoms with van der Waals surface area (Å²) in [5, 5.41) is 19.3. The summed E-state index contributed by atoms with van der Waals surface area (Å²) >= 11 is 11.9. The number of pyridine rings is 2. The molecule has 0 bridgehead atoms. The van der Waals surface area contributed by atoms with Crippen LogP contribution in [0.4, 0.5) is 0 Å². The average molecular weight is 368 g/mol. The molecule has 4 rings (SSSR count). The molecule has 0 N–H and O–H groups in total. The SMILES string of the molecule is Cn1ccc2c(Cl)cc(C#N)nc21.N#Cc1cc(Cl)c2c(n1)CC=C2. The van der Waals surface area contributed by atoms with Gasteiger partial charge in [-0.05, 0) is 18.2 Å². The molecule has 1 aliphatic rings. The summed E-state index contributed by atoms with van der Waals surface area (Å²) in [6.07, 6.45) is 6.58. The lowest BCUT2D eigenvalue weighted by Crippen LogP contribution is -1.92. The number of aryl methyl sites for hydroxylation is 1. The van der Waals surface area contributed by atoms with E-state index in [0.29, 0.717) is 21.4 Å². The molecule has 5 nitrogen and oxygen atoms in total. The van der Waals surface area contributed by atoms with Crippen LogP contribution in [0, 0.1) is 22.7 Å². The fourth-order valence-corrected chi connectivity index (χ4v) is 3.03. The lowest BCUT2D eigenvalue weighted by atomic mass is 10.2. The van der Waals surface area contributed by atoms with Crippen LogP contribution in [0.2, 0.25) is 10.0 Å². The van der Waals surface area contributed by atoms with Gasteiger partial charge in [-0.15, -0.1) is 0 Å². The van der Waals surface area contributed by atoms with Crippen LogP contribution >= 0.6 is 23.2 Å². The number of fused-ring (bicyclic) bond motifs is 2. The monoisotopic (exact) mass is 367 g/mol. The standard InChI is InChI=1S/C9H6ClN3.C9H5ClN2/c1-13-3-2-7-8(10)4-6(5-11)12-9(7)13;10-8-4-6(5-11)12-9-3-1-2-7(8)9/h2-4H,1H3;1-2,4H,3H2. The molecule has 0 aromatic carbocycles. The molecule has 0 fully saturated rings. The minimum Gasteiger partial charge on any atom is -0.335 e. The van der Waals surface area contributed by atoms with Crippen molar-refractivity contribution in [3.8, 4) is 12.1 Å². The van der Waals surface area contributed by atoms with E-state index in [4.69, 9.17) is 33.7 Å². The Labute approximate surface area is 154 Å². The average Bonchev–Trinajstić information content (AvgIpc) is 3.23. The van der Waals surface area contributed by atoms with E-state index in [1.807, 2.05) is 48.2 Å². The van der Waals surface area contributed by atoms with E-state index in [2.05, 4.69) is 9.97 Å². The largest absolute Gasteiger partial charge is 0.335 e. The molecule has 3 aromatic rings. The minimum atomic E-state index is 0.347. The number of hydrogen-bond acceptors (Lipinski definition) is 4. The normalized spacial score (nSPS) is 11.4. The zero-order valence-electron chi connectivity index (χ0n) is 13.2. The van der Waals surface area contributed by atoms with Gasteiger partial charge in [0.15, 0.2) is 0 Å². The van der Waals surface area contributed by atoms with E-state index < -0.39 is 0 Å². The highest BCUT2D eigenvalue weighted by molar-refractivity contribution is 6.35. The molecular weight excluding hydrogens is 357 g/mol. The third-order valence-electron chi connectivity index (χ3n) is 3.70. The molecule has 25 heavy (non-hydrogen) atoms. The van der Waals surface area contributed by atoms with Gasteiger partial charge in [-0.1, -0.05) is 35.4 Å². The van der Waals surface area contributed by atoms with Crippen LogP contribution in [0.1, 0.15) is 22.6 Å². The summed E-state index contributed by atoms with van der Waals surface area (Å²) in [6, 6.07) is 8.99. The van der Waals surface area contributed by atoms with E-state index in [-0.39, 0.29) is 0 Å². The summed E-state index contributed by atoms with van der Waals surface area (Å²) in [6.45, 7) is 0. The van der Waals surface area contributed by atoms with E-state index >= 15 is 0 Å². The van der Waals surface area contributed by atoms with Crippen LogP contribution in [-0.4, -0.2) is 14.5 Å². The number of nitrogens with zero attached hydrogens (tertiary/aromatic N) is 5. The predicted molar refractivity (Wildman–Crippen MR) is 97.1 cm³/mol. The smallest absolute Gasteiger partial charge is 0.144 e. The number of nitriles is 2. The third-order valence-corrected chi connectivity index (χ3v) is 4.32. The van der Waals surface area contributed by atoms with E-state index in [1.165, 1.54) is 0 Å². The Morgan fingerprint density at radius 3 is 2.48 bits per heavy atom. The number of hydrogen-bond donors (Lipinski definition) is 0. The van der Waals surface area contributed by atoms with E-state index in [0.717, 1.165) is 28.7 Å². The molecule has 0 radical (unpaired) electrons. The molecule has 7 heteroatoms. The van der Waals surface area contributed by atoms with Crippen molar-refractivity contribution in [2.75, 3.05) is 0 Å². The molecule has 3 aromatic heterocycles. The van der Waals surface area contributed by atoms with Crippen molar-refractivity contribution in [2.24, 2.45) is 7.05 Å². The van der Waals surface area contributed by atoms with Crippen molar-refractivity contribution in [3.05, 3.63) is 63.2 Å². The second-order valence-corrected chi connectivity index (χ2v) is 6.15. The first-order valence-electron chi connectivity index (χ1n) is 7.31. The fourth-order valence-electron chi connectivity index (χ4n) is 2.50. The zero-order chi connectivity index (χ0) is 18.0. The quantitative estimate of drug-likeness (QED) is 0.594.